The van der Waals surface area contributed by atoms with Gasteiger partial charge in [-0.25, -0.2) is 0 Å². The number of benzene rings is 3. The van der Waals surface area contributed by atoms with Crippen molar-refractivity contribution < 1.29 is 14.3 Å². The van der Waals surface area contributed by atoms with Crippen molar-refractivity contribution in [3.05, 3.63) is 70.7 Å². The van der Waals surface area contributed by atoms with Crippen LogP contribution in [0.25, 0.3) is 16.7 Å². The number of carbonyl (C=O) groups excluding carboxylic acids is 1. The first-order chi connectivity index (χ1) is 17.4. The number of nitrogens with one attached hydrogen (secondary N) is 2. The molecule has 4 aromatic rings. The Labute approximate surface area is 219 Å². The van der Waals surface area contributed by atoms with Crippen molar-refractivity contribution in [2.75, 3.05) is 19.5 Å². The largest absolute Gasteiger partial charge is 0.493 e. The van der Waals surface area contributed by atoms with Gasteiger partial charge in [0.1, 0.15) is 11.0 Å². The number of nitrogens with zero attached hydrogens (tertiary/aromatic N) is 3. The monoisotopic (exact) mass is 523 g/mol. The standard InChI is InChI=1S/C26H26ClN5O3S/c1-4-5-6-16-7-10-18(11-8-16)32-30-21-14-19(27)20(15-22(21)31-32)28-26(36)29-25(33)17-9-12-23(34-2)24(13-17)35-3/h7-15H,4-6H2,1-3H3,(H2,28,29,33,36). The molecule has 0 saturated heterocycles. The molecule has 0 fully saturated rings. The molecule has 0 aliphatic rings. The minimum Gasteiger partial charge on any atom is -0.493 e. The normalized spacial score (nSPS) is 10.8. The number of carbonyl (C=O) groups is 1. The van der Waals surface area contributed by atoms with Crippen LogP contribution in [0.15, 0.2) is 54.6 Å². The van der Waals surface area contributed by atoms with E-state index in [9.17, 15) is 4.79 Å². The number of ether oxygens (including phenoxy) is 2. The maximum absolute atomic E-state index is 12.7. The summed E-state index contributed by atoms with van der Waals surface area (Å²) >= 11 is 11.8. The summed E-state index contributed by atoms with van der Waals surface area (Å²) in [5.41, 5.74) is 4.28. The zero-order chi connectivity index (χ0) is 25.7. The lowest BCUT2D eigenvalue weighted by Gasteiger charge is -2.12. The number of unbranched alkanes of at least 4 members (excludes halogenated alkanes) is 1. The molecule has 4 rings (SSSR count). The number of rotatable bonds is 8. The van der Waals surface area contributed by atoms with Gasteiger partial charge in [-0.1, -0.05) is 37.1 Å². The van der Waals surface area contributed by atoms with Crippen LogP contribution in [0, 0.1) is 0 Å². The van der Waals surface area contributed by atoms with Crippen molar-refractivity contribution in [1.82, 2.24) is 20.3 Å². The van der Waals surface area contributed by atoms with E-state index in [1.807, 2.05) is 12.1 Å². The number of aromatic nitrogens is 3. The Kier molecular flexibility index (Phi) is 8.02. The van der Waals surface area contributed by atoms with E-state index in [1.165, 1.54) is 19.8 Å². The molecule has 186 valence electrons. The van der Waals surface area contributed by atoms with E-state index in [-0.39, 0.29) is 5.11 Å². The maximum atomic E-state index is 12.7. The fourth-order valence-electron chi connectivity index (χ4n) is 3.63. The number of hydrogen-bond donors (Lipinski definition) is 2. The summed E-state index contributed by atoms with van der Waals surface area (Å²) < 4.78 is 10.5. The zero-order valence-corrected chi connectivity index (χ0v) is 21.7. The van der Waals surface area contributed by atoms with Crippen molar-refractivity contribution in [3.8, 4) is 17.2 Å². The molecule has 0 unspecified atom stereocenters. The van der Waals surface area contributed by atoms with Gasteiger partial charge < -0.3 is 14.8 Å². The lowest BCUT2D eigenvalue weighted by atomic mass is 10.1. The lowest BCUT2D eigenvalue weighted by molar-refractivity contribution is 0.0977. The van der Waals surface area contributed by atoms with Crippen LogP contribution in [0.4, 0.5) is 5.69 Å². The van der Waals surface area contributed by atoms with Crippen LogP contribution in [-0.4, -0.2) is 40.2 Å². The smallest absolute Gasteiger partial charge is 0.257 e. The van der Waals surface area contributed by atoms with Gasteiger partial charge in [-0.2, -0.15) is 4.80 Å². The molecule has 1 amide bonds. The van der Waals surface area contributed by atoms with Crippen LogP contribution in [0.2, 0.25) is 5.02 Å². The molecule has 0 atom stereocenters. The van der Waals surface area contributed by atoms with Crippen LogP contribution in [0.5, 0.6) is 11.5 Å². The second-order valence-corrected chi connectivity index (χ2v) is 8.87. The van der Waals surface area contributed by atoms with Gasteiger partial charge in [0, 0.05) is 5.56 Å². The Hall–Kier alpha value is -3.69. The van der Waals surface area contributed by atoms with Crippen molar-refractivity contribution in [2.24, 2.45) is 0 Å². The maximum Gasteiger partial charge on any atom is 0.257 e. The summed E-state index contributed by atoms with van der Waals surface area (Å²) in [6.45, 7) is 2.18. The van der Waals surface area contributed by atoms with Gasteiger partial charge in [0.25, 0.3) is 5.91 Å². The van der Waals surface area contributed by atoms with Gasteiger partial charge >= 0.3 is 0 Å². The minimum atomic E-state index is -0.404. The molecule has 3 aromatic carbocycles. The molecular weight excluding hydrogens is 498 g/mol. The van der Waals surface area contributed by atoms with Crippen molar-refractivity contribution >= 4 is 51.6 Å². The van der Waals surface area contributed by atoms with E-state index in [0.29, 0.717) is 38.8 Å². The Morgan fingerprint density at radius 3 is 2.36 bits per heavy atom. The highest BCUT2D eigenvalue weighted by molar-refractivity contribution is 7.80. The third kappa shape index (κ3) is 5.75. The number of thiocarbonyl (C=S) groups is 1. The second kappa shape index (κ2) is 11.4. The predicted molar refractivity (Wildman–Crippen MR) is 146 cm³/mol. The van der Waals surface area contributed by atoms with E-state index in [0.717, 1.165) is 24.9 Å². The topological polar surface area (TPSA) is 90.3 Å². The van der Waals surface area contributed by atoms with Gasteiger partial charge in [-0.3, -0.25) is 10.1 Å². The molecule has 0 aliphatic heterocycles. The van der Waals surface area contributed by atoms with Crippen LogP contribution >= 0.6 is 23.8 Å². The summed E-state index contributed by atoms with van der Waals surface area (Å²) in [6.07, 6.45) is 3.38. The van der Waals surface area contributed by atoms with Crippen LogP contribution in [0.3, 0.4) is 0 Å². The molecule has 36 heavy (non-hydrogen) atoms. The number of halogens is 1. The summed E-state index contributed by atoms with van der Waals surface area (Å²) in [4.78, 5) is 14.2. The molecule has 0 saturated carbocycles. The van der Waals surface area contributed by atoms with Crippen LogP contribution in [-0.2, 0) is 6.42 Å². The molecule has 10 heteroatoms. The third-order valence-corrected chi connectivity index (χ3v) is 6.09. The molecule has 0 spiro atoms. The Morgan fingerprint density at radius 2 is 1.69 bits per heavy atom. The molecule has 8 nitrogen and oxygen atoms in total. The molecule has 0 aliphatic carbocycles. The summed E-state index contributed by atoms with van der Waals surface area (Å²) in [7, 11) is 3.03. The number of methoxy groups -OCH3 is 2. The first-order valence-electron chi connectivity index (χ1n) is 11.4. The first-order valence-corrected chi connectivity index (χ1v) is 12.2. The van der Waals surface area contributed by atoms with Gasteiger partial charge in [-0.15, -0.1) is 10.2 Å². The number of amides is 1. The zero-order valence-electron chi connectivity index (χ0n) is 20.2. The second-order valence-electron chi connectivity index (χ2n) is 8.06. The van der Waals surface area contributed by atoms with Crippen LogP contribution < -0.4 is 20.1 Å². The quantitative estimate of drug-likeness (QED) is 0.292. The minimum absolute atomic E-state index is 0.0890. The number of aryl methyl sites for hydroxylation is 1. The highest BCUT2D eigenvalue weighted by atomic mass is 35.5. The average Bonchev–Trinajstić information content (AvgIpc) is 3.30. The molecular formula is C26H26ClN5O3S. The van der Waals surface area contributed by atoms with Crippen molar-refractivity contribution in [3.63, 3.8) is 0 Å². The van der Waals surface area contributed by atoms with E-state index >= 15 is 0 Å². The molecule has 0 radical (unpaired) electrons. The fraction of sp³-hybridized carbons (Fsp3) is 0.231. The molecule has 1 heterocycles. The number of fused-ring (bicyclic) bond motifs is 1. The fourth-order valence-corrected chi connectivity index (χ4v) is 4.04. The van der Waals surface area contributed by atoms with Gasteiger partial charge in [-0.05, 0) is 73.1 Å². The molecule has 0 bridgehead atoms. The molecule has 2 N–H and O–H groups in total. The third-order valence-electron chi connectivity index (χ3n) is 5.58. The van der Waals surface area contributed by atoms with E-state index in [4.69, 9.17) is 33.3 Å². The average molecular weight is 524 g/mol. The Bertz CT molecular complexity index is 1400. The van der Waals surface area contributed by atoms with E-state index in [1.54, 1.807) is 35.1 Å². The first kappa shape index (κ1) is 25.4. The summed E-state index contributed by atoms with van der Waals surface area (Å²) in [5.74, 6) is 0.561. The van der Waals surface area contributed by atoms with Crippen LogP contribution in [0.1, 0.15) is 35.7 Å². The van der Waals surface area contributed by atoms with Gasteiger partial charge in [0.2, 0.25) is 0 Å². The highest BCUT2D eigenvalue weighted by Crippen LogP contribution is 2.28. The predicted octanol–water partition coefficient (Wildman–Crippen LogP) is 5.56. The van der Waals surface area contributed by atoms with Crippen molar-refractivity contribution in [1.29, 1.82) is 0 Å². The SMILES string of the molecule is CCCCc1ccc(-n2nc3cc(Cl)c(NC(=S)NC(=O)c4ccc(OC)c(OC)c4)cc3n2)cc1. The van der Waals surface area contributed by atoms with E-state index < -0.39 is 5.91 Å². The highest BCUT2D eigenvalue weighted by Gasteiger charge is 2.14. The Balaban J connectivity index is 1.47. The summed E-state index contributed by atoms with van der Waals surface area (Å²) in [5, 5.41) is 15.2. The number of anilines is 1. The van der Waals surface area contributed by atoms with Gasteiger partial charge in [0.05, 0.1) is 30.6 Å². The number of hydrogen-bond acceptors (Lipinski definition) is 6. The lowest BCUT2D eigenvalue weighted by Crippen LogP contribution is -2.34. The summed E-state index contributed by atoms with van der Waals surface area (Å²) in [6, 6.07) is 16.5. The van der Waals surface area contributed by atoms with Gasteiger partial charge in [0.15, 0.2) is 16.6 Å². The molecule has 1 aromatic heterocycles. The van der Waals surface area contributed by atoms with E-state index in [2.05, 4.69) is 39.9 Å². The van der Waals surface area contributed by atoms with Crippen molar-refractivity contribution in [2.45, 2.75) is 26.2 Å². The Morgan fingerprint density at radius 1 is 1.00 bits per heavy atom.